The van der Waals surface area contributed by atoms with Crippen LogP contribution < -0.4 is 5.56 Å². The molecular weight excluding hydrogens is 208 g/mol. The summed E-state index contributed by atoms with van der Waals surface area (Å²) in [5, 5.41) is 8.76. The molecule has 0 amide bonds. The number of aromatic amines is 1. The van der Waals surface area contributed by atoms with E-state index in [1.807, 2.05) is 5.38 Å². The Labute approximate surface area is 83.0 Å². The summed E-state index contributed by atoms with van der Waals surface area (Å²) in [6.07, 6.45) is 0. The van der Waals surface area contributed by atoms with E-state index in [1.165, 1.54) is 17.4 Å². The topological polar surface area (TPSA) is 45.8 Å². The summed E-state index contributed by atoms with van der Waals surface area (Å²) in [7, 11) is 0. The van der Waals surface area contributed by atoms with Gasteiger partial charge < -0.3 is 0 Å². The lowest BCUT2D eigenvalue weighted by Crippen LogP contribution is -2.05. The average Bonchev–Trinajstić information content (AvgIpc) is 2.53. The van der Waals surface area contributed by atoms with Crippen LogP contribution in [0, 0.1) is 0 Å². The number of H-pyrrole nitrogens is 1. The summed E-state index contributed by atoms with van der Waals surface area (Å²) >= 11 is 7.38. The van der Waals surface area contributed by atoms with Gasteiger partial charge in [0.2, 0.25) is 0 Å². The SMILES string of the molecule is O=c1ccc(-c2sccc2Cl)n[nH]1. The molecule has 0 atom stereocenters. The molecule has 2 rings (SSSR count). The van der Waals surface area contributed by atoms with Gasteiger partial charge in [-0.15, -0.1) is 11.3 Å². The summed E-state index contributed by atoms with van der Waals surface area (Å²) in [6.45, 7) is 0. The van der Waals surface area contributed by atoms with Crippen molar-refractivity contribution in [1.29, 1.82) is 0 Å². The molecule has 0 aliphatic carbocycles. The second kappa shape index (κ2) is 3.32. The Balaban J connectivity index is 2.53. The lowest BCUT2D eigenvalue weighted by atomic mass is 10.3. The fourth-order valence-corrected chi connectivity index (χ4v) is 2.07. The van der Waals surface area contributed by atoms with E-state index in [9.17, 15) is 4.79 Å². The number of halogens is 1. The van der Waals surface area contributed by atoms with E-state index in [1.54, 1.807) is 12.1 Å². The van der Waals surface area contributed by atoms with Crippen LogP contribution in [0.1, 0.15) is 0 Å². The van der Waals surface area contributed by atoms with Gasteiger partial charge in [-0.2, -0.15) is 5.10 Å². The largest absolute Gasteiger partial charge is 0.268 e. The van der Waals surface area contributed by atoms with Crippen molar-refractivity contribution in [1.82, 2.24) is 10.2 Å². The van der Waals surface area contributed by atoms with E-state index < -0.39 is 0 Å². The van der Waals surface area contributed by atoms with Crippen LogP contribution >= 0.6 is 22.9 Å². The molecule has 2 heterocycles. The van der Waals surface area contributed by atoms with Gasteiger partial charge in [0.05, 0.1) is 9.90 Å². The Kier molecular flexibility index (Phi) is 2.16. The summed E-state index contributed by atoms with van der Waals surface area (Å²) in [4.78, 5) is 11.6. The molecule has 0 aromatic carbocycles. The van der Waals surface area contributed by atoms with Gasteiger partial charge in [-0.1, -0.05) is 11.6 Å². The summed E-state index contributed by atoms with van der Waals surface area (Å²) in [5.74, 6) is 0. The Morgan fingerprint density at radius 3 is 2.77 bits per heavy atom. The van der Waals surface area contributed by atoms with E-state index >= 15 is 0 Å². The fraction of sp³-hybridized carbons (Fsp3) is 0. The van der Waals surface area contributed by atoms with Crippen LogP contribution in [0.4, 0.5) is 0 Å². The summed E-state index contributed by atoms with van der Waals surface area (Å²) in [5.41, 5.74) is 0.482. The molecule has 0 saturated carbocycles. The van der Waals surface area contributed by atoms with Crippen molar-refractivity contribution in [2.24, 2.45) is 0 Å². The predicted molar refractivity (Wildman–Crippen MR) is 53.2 cm³/mol. The number of aromatic nitrogens is 2. The third-order valence-electron chi connectivity index (χ3n) is 1.53. The number of rotatable bonds is 1. The summed E-state index contributed by atoms with van der Waals surface area (Å²) in [6, 6.07) is 4.88. The van der Waals surface area contributed by atoms with Crippen molar-refractivity contribution < 1.29 is 0 Å². The van der Waals surface area contributed by atoms with Crippen LogP contribution in [-0.2, 0) is 0 Å². The first-order valence-corrected chi connectivity index (χ1v) is 4.82. The smallest absolute Gasteiger partial charge is 0.264 e. The molecule has 2 aromatic heterocycles. The molecule has 0 unspecified atom stereocenters. The normalized spacial score (nSPS) is 10.2. The van der Waals surface area contributed by atoms with Gasteiger partial charge in [-0.05, 0) is 17.5 Å². The number of nitrogens with zero attached hydrogens (tertiary/aromatic N) is 1. The highest BCUT2D eigenvalue weighted by atomic mass is 35.5. The van der Waals surface area contributed by atoms with E-state index in [0.717, 1.165) is 4.88 Å². The zero-order valence-corrected chi connectivity index (χ0v) is 8.02. The first kappa shape index (κ1) is 8.47. The van der Waals surface area contributed by atoms with Crippen LogP contribution in [0.2, 0.25) is 5.02 Å². The highest BCUT2D eigenvalue weighted by molar-refractivity contribution is 7.14. The van der Waals surface area contributed by atoms with E-state index in [-0.39, 0.29) is 5.56 Å². The van der Waals surface area contributed by atoms with Gasteiger partial charge in [0.25, 0.3) is 5.56 Å². The van der Waals surface area contributed by atoms with Crippen LogP contribution in [0.3, 0.4) is 0 Å². The first-order valence-electron chi connectivity index (χ1n) is 3.56. The molecule has 1 N–H and O–H groups in total. The van der Waals surface area contributed by atoms with Crippen molar-refractivity contribution >= 4 is 22.9 Å². The highest BCUT2D eigenvalue weighted by Crippen LogP contribution is 2.30. The zero-order valence-electron chi connectivity index (χ0n) is 6.45. The van der Waals surface area contributed by atoms with Crippen molar-refractivity contribution in [3.8, 4) is 10.6 Å². The van der Waals surface area contributed by atoms with Crippen LogP contribution in [0.15, 0.2) is 28.4 Å². The minimum absolute atomic E-state index is 0.212. The lowest BCUT2D eigenvalue weighted by Gasteiger charge is -1.94. The third-order valence-corrected chi connectivity index (χ3v) is 2.89. The molecule has 0 saturated heterocycles. The Bertz CT molecular complexity index is 456. The lowest BCUT2D eigenvalue weighted by molar-refractivity contribution is 0.998. The number of thiophene rings is 1. The van der Waals surface area contributed by atoms with Gasteiger partial charge >= 0.3 is 0 Å². The van der Waals surface area contributed by atoms with Gasteiger partial charge in [-0.25, -0.2) is 5.10 Å². The minimum Gasteiger partial charge on any atom is -0.268 e. The van der Waals surface area contributed by atoms with Crippen molar-refractivity contribution in [3.05, 3.63) is 39.0 Å². The van der Waals surface area contributed by atoms with Gasteiger partial charge in [0.1, 0.15) is 5.69 Å². The molecule has 0 aliphatic rings. The molecule has 5 heteroatoms. The van der Waals surface area contributed by atoms with Crippen LogP contribution in [-0.4, -0.2) is 10.2 Å². The molecule has 0 bridgehead atoms. The molecule has 66 valence electrons. The first-order chi connectivity index (χ1) is 6.27. The molecule has 2 aromatic rings. The van der Waals surface area contributed by atoms with E-state index in [2.05, 4.69) is 10.2 Å². The molecular formula is C8H5ClN2OS. The second-order valence-corrected chi connectivity index (χ2v) is 3.73. The fourth-order valence-electron chi connectivity index (χ4n) is 0.947. The van der Waals surface area contributed by atoms with Gasteiger partial charge in [0, 0.05) is 6.07 Å². The van der Waals surface area contributed by atoms with Crippen molar-refractivity contribution in [3.63, 3.8) is 0 Å². The molecule has 0 spiro atoms. The average molecular weight is 213 g/mol. The Hall–Kier alpha value is -1.13. The maximum Gasteiger partial charge on any atom is 0.264 e. The number of hydrogen-bond donors (Lipinski definition) is 1. The van der Waals surface area contributed by atoms with E-state index in [0.29, 0.717) is 10.7 Å². The molecule has 3 nitrogen and oxygen atoms in total. The second-order valence-electron chi connectivity index (χ2n) is 2.40. The standard InChI is InChI=1S/C8H5ClN2OS/c9-5-3-4-13-8(5)6-1-2-7(12)11-10-6/h1-4H,(H,11,12). The summed E-state index contributed by atoms with van der Waals surface area (Å²) < 4.78 is 0. The molecule has 13 heavy (non-hydrogen) atoms. The third kappa shape index (κ3) is 1.64. The Morgan fingerprint density at radius 2 is 2.23 bits per heavy atom. The van der Waals surface area contributed by atoms with Gasteiger partial charge in [-0.3, -0.25) is 4.79 Å². The molecule has 0 fully saturated rings. The molecule has 0 aliphatic heterocycles. The minimum atomic E-state index is -0.212. The molecule has 0 radical (unpaired) electrons. The predicted octanol–water partition coefficient (Wildman–Crippen LogP) is 2.15. The van der Waals surface area contributed by atoms with Gasteiger partial charge in [0.15, 0.2) is 0 Å². The maximum atomic E-state index is 10.7. The van der Waals surface area contributed by atoms with Crippen molar-refractivity contribution in [2.45, 2.75) is 0 Å². The van der Waals surface area contributed by atoms with E-state index in [4.69, 9.17) is 11.6 Å². The monoisotopic (exact) mass is 212 g/mol. The zero-order chi connectivity index (χ0) is 9.26. The van der Waals surface area contributed by atoms with Crippen molar-refractivity contribution in [2.75, 3.05) is 0 Å². The number of nitrogens with one attached hydrogen (secondary N) is 1. The quantitative estimate of drug-likeness (QED) is 0.788. The van der Waals surface area contributed by atoms with Crippen LogP contribution in [0.25, 0.3) is 10.6 Å². The Morgan fingerprint density at radius 1 is 1.38 bits per heavy atom. The van der Waals surface area contributed by atoms with Crippen LogP contribution in [0.5, 0.6) is 0 Å². The number of hydrogen-bond acceptors (Lipinski definition) is 3. The maximum absolute atomic E-state index is 10.7. The highest BCUT2D eigenvalue weighted by Gasteiger charge is 2.05.